The Morgan fingerprint density at radius 2 is 1.96 bits per heavy atom. The number of ether oxygens (including phenoxy) is 1. The highest BCUT2D eigenvalue weighted by molar-refractivity contribution is 7.98. The smallest absolute Gasteiger partial charge is 0.225 e. The number of carbonyl (C=O) groups excluding carboxylic acids is 2. The van der Waals surface area contributed by atoms with Crippen molar-refractivity contribution in [3.05, 3.63) is 29.8 Å². The Kier molecular flexibility index (Phi) is 7.55. The Hall–Kier alpha value is -1.57. The molecule has 1 aromatic carbocycles. The highest BCUT2D eigenvalue weighted by atomic mass is 32.2. The van der Waals surface area contributed by atoms with E-state index < -0.39 is 0 Å². The van der Waals surface area contributed by atoms with E-state index in [9.17, 15) is 9.59 Å². The summed E-state index contributed by atoms with van der Waals surface area (Å²) in [6.07, 6.45) is 3.15. The molecule has 3 rings (SSSR count). The largest absolute Gasteiger partial charge is 0.379 e. The number of likely N-dealkylation sites (tertiary alicyclic amines) is 1. The van der Waals surface area contributed by atoms with E-state index >= 15 is 0 Å². The molecule has 2 amide bonds. The molecule has 27 heavy (non-hydrogen) atoms. The topological polar surface area (TPSA) is 61.9 Å². The standard InChI is InChI=1S/C20H29N3O3S/c1-27-18-5-2-16(3-6-18)14-21-20(25)17-4-7-19(24)23(15-17)9-8-22-10-12-26-13-11-22/h2-3,5-6,17H,4,7-15H2,1H3,(H,21,25)/t17-/m0/s1. The summed E-state index contributed by atoms with van der Waals surface area (Å²) in [5.41, 5.74) is 1.09. The maximum Gasteiger partial charge on any atom is 0.225 e. The number of hydrogen-bond acceptors (Lipinski definition) is 5. The van der Waals surface area contributed by atoms with Crippen molar-refractivity contribution in [3.8, 4) is 0 Å². The zero-order chi connectivity index (χ0) is 19.1. The summed E-state index contributed by atoms with van der Waals surface area (Å²) in [4.78, 5) is 30.2. The Balaban J connectivity index is 1.45. The minimum absolute atomic E-state index is 0.0489. The molecular formula is C20H29N3O3S. The third-order valence-electron chi connectivity index (χ3n) is 5.29. The van der Waals surface area contributed by atoms with Gasteiger partial charge in [-0.25, -0.2) is 0 Å². The van der Waals surface area contributed by atoms with Crippen molar-refractivity contribution < 1.29 is 14.3 Å². The maximum absolute atomic E-state index is 12.6. The van der Waals surface area contributed by atoms with E-state index in [0.717, 1.165) is 38.4 Å². The Bertz CT molecular complexity index is 632. The SMILES string of the molecule is CSc1ccc(CNC(=O)[C@H]2CCC(=O)N(CCN3CCOCC3)C2)cc1. The van der Waals surface area contributed by atoms with Crippen molar-refractivity contribution in [2.24, 2.45) is 5.92 Å². The first-order valence-electron chi connectivity index (χ1n) is 9.64. The van der Waals surface area contributed by atoms with Gasteiger partial charge >= 0.3 is 0 Å². The molecule has 0 unspecified atom stereocenters. The molecule has 2 aliphatic rings. The molecule has 2 heterocycles. The van der Waals surface area contributed by atoms with Crippen molar-refractivity contribution in [2.45, 2.75) is 24.3 Å². The van der Waals surface area contributed by atoms with Gasteiger partial charge < -0.3 is 15.0 Å². The van der Waals surface area contributed by atoms with Gasteiger partial charge in [-0.3, -0.25) is 14.5 Å². The highest BCUT2D eigenvalue weighted by Crippen LogP contribution is 2.19. The van der Waals surface area contributed by atoms with Crippen molar-refractivity contribution >= 4 is 23.6 Å². The zero-order valence-corrected chi connectivity index (χ0v) is 16.8. The van der Waals surface area contributed by atoms with Crippen LogP contribution < -0.4 is 5.32 Å². The molecule has 1 N–H and O–H groups in total. The molecule has 0 spiro atoms. The average molecular weight is 392 g/mol. The van der Waals surface area contributed by atoms with Crippen LogP contribution in [0.4, 0.5) is 0 Å². The van der Waals surface area contributed by atoms with Crippen LogP contribution in [-0.2, 0) is 20.9 Å². The molecule has 0 aliphatic carbocycles. The Morgan fingerprint density at radius 3 is 2.67 bits per heavy atom. The van der Waals surface area contributed by atoms with Gasteiger partial charge in [-0.1, -0.05) is 12.1 Å². The molecular weight excluding hydrogens is 362 g/mol. The van der Waals surface area contributed by atoms with E-state index in [1.165, 1.54) is 4.90 Å². The monoisotopic (exact) mass is 391 g/mol. The number of carbonyl (C=O) groups is 2. The fourth-order valence-corrected chi connectivity index (χ4v) is 3.92. The predicted molar refractivity (Wildman–Crippen MR) is 107 cm³/mol. The summed E-state index contributed by atoms with van der Waals surface area (Å²) < 4.78 is 5.36. The van der Waals surface area contributed by atoms with Gasteiger partial charge in [-0.15, -0.1) is 11.8 Å². The third-order valence-corrected chi connectivity index (χ3v) is 6.03. The van der Waals surface area contributed by atoms with Crippen LogP contribution in [0, 0.1) is 5.92 Å². The van der Waals surface area contributed by atoms with Crippen LogP contribution in [0.25, 0.3) is 0 Å². The van der Waals surface area contributed by atoms with E-state index in [0.29, 0.717) is 32.5 Å². The average Bonchev–Trinajstić information content (AvgIpc) is 2.72. The van der Waals surface area contributed by atoms with Gasteiger partial charge in [0.05, 0.1) is 19.1 Å². The fraction of sp³-hybridized carbons (Fsp3) is 0.600. The lowest BCUT2D eigenvalue weighted by molar-refractivity contribution is -0.138. The maximum atomic E-state index is 12.6. The summed E-state index contributed by atoms with van der Waals surface area (Å²) in [6, 6.07) is 8.23. The number of morpholine rings is 1. The molecule has 0 radical (unpaired) electrons. The number of rotatable bonds is 7. The first-order valence-corrected chi connectivity index (χ1v) is 10.9. The van der Waals surface area contributed by atoms with Gasteiger partial charge in [0.25, 0.3) is 0 Å². The lowest BCUT2D eigenvalue weighted by atomic mass is 9.96. The summed E-state index contributed by atoms with van der Waals surface area (Å²) in [5, 5.41) is 3.04. The van der Waals surface area contributed by atoms with Crippen LogP contribution in [0.5, 0.6) is 0 Å². The third kappa shape index (κ3) is 5.96. The number of nitrogens with one attached hydrogen (secondary N) is 1. The van der Waals surface area contributed by atoms with Crippen molar-refractivity contribution in [1.82, 2.24) is 15.1 Å². The lowest BCUT2D eigenvalue weighted by Crippen LogP contribution is -2.49. The summed E-state index contributed by atoms with van der Waals surface area (Å²) in [5.74, 6) is 0.102. The number of piperidine rings is 1. The van der Waals surface area contributed by atoms with E-state index in [4.69, 9.17) is 4.74 Å². The molecule has 0 aromatic heterocycles. The number of hydrogen-bond donors (Lipinski definition) is 1. The molecule has 148 valence electrons. The number of amides is 2. The number of thioether (sulfide) groups is 1. The summed E-state index contributed by atoms with van der Waals surface area (Å²) in [6.45, 7) is 5.96. The molecule has 0 saturated carbocycles. The minimum Gasteiger partial charge on any atom is -0.379 e. The van der Waals surface area contributed by atoms with Gasteiger partial charge in [-0.2, -0.15) is 0 Å². The normalized spacial score (nSPS) is 21.3. The second-order valence-electron chi connectivity index (χ2n) is 7.10. The molecule has 1 atom stereocenters. The molecule has 7 heteroatoms. The van der Waals surface area contributed by atoms with Crippen LogP contribution in [0.2, 0.25) is 0 Å². The molecule has 2 fully saturated rings. The van der Waals surface area contributed by atoms with Gasteiger partial charge in [0.1, 0.15) is 0 Å². The van der Waals surface area contributed by atoms with Gasteiger partial charge in [-0.05, 0) is 30.4 Å². The van der Waals surface area contributed by atoms with Crippen LogP contribution in [0.15, 0.2) is 29.2 Å². The number of nitrogens with zero attached hydrogens (tertiary/aromatic N) is 2. The quantitative estimate of drug-likeness (QED) is 0.716. The first-order chi connectivity index (χ1) is 13.2. The molecule has 6 nitrogen and oxygen atoms in total. The van der Waals surface area contributed by atoms with Crippen molar-refractivity contribution in [2.75, 3.05) is 52.2 Å². The van der Waals surface area contributed by atoms with Crippen LogP contribution in [-0.4, -0.2) is 73.8 Å². The van der Waals surface area contributed by atoms with E-state index in [-0.39, 0.29) is 17.7 Å². The van der Waals surface area contributed by atoms with Crippen LogP contribution in [0.1, 0.15) is 18.4 Å². The molecule has 2 saturated heterocycles. The number of benzene rings is 1. The van der Waals surface area contributed by atoms with Gasteiger partial charge in [0, 0.05) is 50.6 Å². The van der Waals surface area contributed by atoms with Gasteiger partial charge in [0.15, 0.2) is 0 Å². The zero-order valence-electron chi connectivity index (χ0n) is 16.0. The van der Waals surface area contributed by atoms with Gasteiger partial charge in [0.2, 0.25) is 11.8 Å². The summed E-state index contributed by atoms with van der Waals surface area (Å²) >= 11 is 1.70. The van der Waals surface area contributed by atoms with Crippen LogP contribution in [0.3, 0.4) is 0 Å². The molecule has 1 aromatic rings. The predicted octanol–water partition coefficient (Wildman–Crippen LogP) is 1.60. The summed E-state index contributed by atoms with van der Waals surface area (Å²) in [7, 11) is 0. The van der Waals surface area contributed by atoms with Crippen molar-refractivity contribution in [3.63, 3.8) is 0 Å². The van der Waals surface area contributed by atoms with Crippen LogP contribution >= 0.6 is 11.8 Å². The van der Waals surface area contributed by atoms with E-state index in [1.54, 1.807) is 11.8 Å². The Labute approximate surface area is 165 Å². The second kappa shape index (κ2) is 10.1. The highest BCUT2D eigenvalue weighted by Gasteiger charge is 2.30. The second-order valence-corrected chi connectivity index (χ2v) is 7.97. The fourth-order valence-electron chi connectivity index (χ4n) is 3.51. The van der Waals surface area contributed by atoms with Crippen molar-refractivity contribution in [1.29, 1.82) is 0 Å². The first kappa shape index (κ1) is 20.2. The molecule has 2 aliphatic heterocycles. The Morgan fingerprint density at radius 1 is 1.22 bits per heavy atom. The molecule has 0 bridgehead atoms. The van der Waals surface area contributed by atoms with E-state index in [1.807, 2.05) is 23.3 Å². The lowest BCUT2D eigenvalue weighted by Gasteiger charge is -2.34. The van der Waals surface area contributed by atoms with E-state index in [2.05, 4.69) is 22.3 Å². The minimum atomic E-state index is -0.113.